The summed E-state index contributed by atoms with van der Waals surface area (Å²) in [5.74, 6) is -0.305. The van der Waals surface area contributed by atoms with Crippen molar-refractivity contribution in [3.8, 4) is 0 Å². The molecule has 3 aromatic rings. The summed E-state index contributed by atoms with van der Waals surface area (Å²) in [5, 5.41) is 10.3. The van der Waals surface area contributed by atoms with Crippen LogP contribution < -0.4 is 10.9 Å². The summed E-state index contributed by atoms with van der Waals surface area (Å²) in [7, 11) is 0. The Balaban J connectivity index is 1.79. The van der Waals surface area contributed by atoms with Gasteiger partial charge in [-0.2, -0.15) is 5.10 Å². The molecule has 1 heterocycles. The van der Waals surface area contributed by atoms with Gasteiger partial charge < -0.3 is 5.32 Å². The highest BCUT2D eigenvalue weighted by atomic mass is 16.2. The topological polar surface area (TPSA) is 78.1 Å². The minimum absolute atomic E-state index is 0.228. The van der Waals surface area contributed by atoms with Crippen molar-refractivity contribution >= 4 is 16.7 Å². The Bertz CT molecular complexity index is 993. The number of amides is 1. The van der Waals surface area contributed by atoms with E-state index in [0.29, 0.717) is 17.3 Å². The zero-order chi connectivity index (χ0) is 19.2. The molecule has 2 N–H and O–H groups in total. The molecule has 0 fully saturated rings. The summed E-state index contributed by atoms with van der Waals surface area (Å²) in [6.45, 7) is 7.49. The number of hydrogen-bond acceptors (Lipinski definition) is 4. The first kappa shape index (κ1) is 18.8. The van der Waals surface area contributed by atoms with E-state index in [1.165, 1.54) is 5.56 Å². The van der Waals surface area contributed by atoms with Crippen LogP contribution in [0.4, 0.5) is 0 Å². The molecule has 0 atom stereocenters. The van der Waals surface area contributed by atoms with Crippen LogP contribution >= 0.6 is 0 Å². The third-order valence-corrected chi connectivity index (χ3v) is 4.76. The number of carbonyl (C=O) groups is 1. The molecule has 0 saturated heterocycles. The van der Waals surface area contributed by atoms with Gasteiger partial charge in [0.25, 0.3) is 11.5 Å². The molecule has 0 aliphatic rings. The lowest BCUT2D eigenvalue weighted by atomic mass is 10.1. The summed E-state index contributed by atoms with van der Waals surface area (Å²) in [6.07, 6.45) is 0. The maximum absolute atomic E-state index is 12.7. The van der Waals surface area contributed by atoms with Crippen LogP contribution in [0.3, 0.4) is 0 Å². The Hall–Kier alpha value is -2.99. The van der Waals surface area contributed by atoms with Gasteiger partial charge in [-0.25, -0.2) is 5.10 Å². The van der Waals surface area contributed by atoms with Gasteiger partial charge in [0.1, 0.15) is 0 Å². The normalized spacial score (nSPS) is 11.1. The number of H-pyrrole nitrogens is 1. The number of aromatic amines is 1. The monoisotopic (exact) mass is 364 g/mol. The van der Waals surface area contributed by atoms with Gasteiger partial charge in [-0.3, -0.25) is 14.5 Å². The Morgan fingerprint density at radius 1 is 1.00 bits per heavy atom. The van der Waals surface area contributed by atoms with Crippen LogP contribution in [0.25, 0.3) is 10.8 Å². The lowest BCUT2D eigenvalue weighted by Gasteiger charge is -2.20. The van der Waals surface area contributed by atoms with Crippen LogP contribution in [-0.4, -0.2) is 34.1 Å². The second kappa shape index (κ2) is 8.60. The maximum Gasteiger partial charge on any atom is 0.272 e. The molecule has 0 radical (unpaired) electrons. The van der Waals surface area contributed by atoms with Gasteiger partial charge in [-0.05, 0) is 30.3 Å². The zero-order valence-electron chi connectivity index (χ0n) is 15.7. The summed E-state index contributed by atoms with van der Waals surface area (Å²) in [6, 6.07) is 15.1. The highest BCUT2D eigenvalue weighted by molar-refractivity contribution is 6.04. The van der Waals surface area contributed by atoms with Crippen molar-refractivity contribution in [2.45, 2.75) is 26.9 Å². The van der Waals surface area contributed by atoms with Crippen molar-refractivity contribution in [1.29, 1.82) is 0 Å². The van der Waals surface area contributed by atoms with Crippen LogP contribution in [0.1, 0.15) is 35.5 Å². The Morgan fingerprint density at radius 3 is 2.33 bits per heavy atom. The Morgan fingerprint density at radius 2 is 1.63 bits per heavy atom. The van der Waals surface area contributed by atoms with Crippen molar-refractivity contribution in [3.05, 3.63) is 75.7 Å². The molecule has 27 heavy (non-hydrogen) atoms. The predicted octanol–water partition coefficient (Wildman–Crippen LogP) is 2.69. The molecule has 0 saturated carbocycles. The summed E-state index contributed by atoms with van der Waals surface area (Å²) in [4.78, 5) is 26.9. The molecule has 0 bridgehead atoms. The quantitative estimate of drug-likeness (QED) is 0.676. The summed E-state index contributed by atoms with van der Waals surface area (Å²) in [5.41, 5.74) is 2.20. The number of rotatable bonds is 7. The van der Waals surface area contributed by atoms with E-state index in [0.717, 1.165) is 25.2 Å². The highest BCUT2D eigenvalue weighted by Gasteiger charge is 2.14. The number of aromatic nitrogens is 2. The lowest BCUT2D eigenvalue weighted by Crippen LogP contribution is -2.27. The van der Waals surface area contributed by atoms with Gasteiger partial charge in [-0.1, -0.05) is 56.3 Å². The van der Waals surface area contributed by atoms with Gasteiger partial charge in [0.05, 0.1) is 5.39 Å². The van der Waals surface area contributed by atoms with Crippen LogP contribution in [0.2, 0.25) is 0 Å². The second-order valence-electron chi connectivity index (χ2n) is 6.36. The van der Waals surface area contributed by atoms with Crippen molar-refractivity contribution in [2.75, 3.05) is 13.1 Å². The zero-order valence-corrected chi connectivity index (χ0v) is 15.7. The van der Waals surface area contributed by atoms with E-state index in [2.05, 4.69) is 40.3 Å². The SMILES string of the molecule is CCN(CC)Cc1ccccc1CNC(=O)c1n[nH]c(=O)c2ccccc12. The fourth-order valence-electron chi connectivity index (χ4n) is 3.12. The molecular formula is C21H24N4O2. The smallest absolute Gasteiger partial charge is 0.272 e. The second-order valence-corrected chi connectivity index (χ2v) is 6.36. The van der Waals surface area contributed by atoms with Crippen LogP contribution in [0.15, 0.2) is 53.3 Å². The fraction of sp³-hybridized carbons (Fsp3) is 0.286. The van der Waals surface area contributed by atoms with E-state index in [-0.39, 0.29) is 17.2 Å². The van der Waals surface area contributed by atoms with Crippen LogP contribution in [0, 0.1) is 0 Å². The van der Waals surface area contributed by atoms with E-state index >= 15 is 0 Å². The number of carbonyl (C=O) groups excluding carboxylic acids is 1. The van der Waals surface area contributed by atoms with E-state index < -0.39 is 0 Å². The Kier molecular flexibility index (Phi) is 5.98. The summed E-state index contributed by atoms with van der Waals surface area (Å²) < 4.78 is 0. The predicted molar refractivity (Wildman–Crippen MR) is 107 cm³/mol. The number of nitrogens with one attached hydrogen (secondary N) is 2. The lowest BCUT2D eigenvalue weighted by molar-refractivity contribution is 0.0946. The van der Waals surface area contributed by atoms with E-state index in [9.17, 15) is 9.59 Å². The average molecular weight is 364 g/mol. The molecule has 1 amide bonds. The first-order chi connectivity index (χ1) is 13.1. The van der Waals surface area contributed by atoms with E-state index in [1.807, 2.05) is 18.2 Å². The van der Waals surface area contributed by atoms with Gasteiger partial charge in [0.2, 0.25) is 0 Å². The first-order valence-electron chi connectivity index (χ1n) is 9.18. The van der Waals surface area contributed by atoms with Gasteiger partial charge >= 0.3 is 0 Å². The molecule has 0 unspecified atom stereocenters. The van der Waals surface area contributed by atoms with Crippen LogP contribution in [-0.2, 0) is 13.1 Å². The number of fused-ring (bicyclic) bond motifs is 1. The molecule has 6 nitrogen and oxygen atoms in total. The molecule has 6 heteroatoms. The third-order valence-electron chi connectivity index (χ3n) is 4.76. The van der Waals surface area contributed by atoms with Crippen molar-refractivity contribution < 1.29 is 4.79 Å². The molecule has 2 aromatic carbocycles. The van der Waals surface area contributed by atoms with Gasteiger partial charge in [0.15, 0.2) is 5.69 Å². The first-order valence-corrected chi connectivity index (χ1v) is 9.18. The number of nitrogens with zero attached hydrogens (tertiary/aromatic N) is 2. The molecule has 0 aliphatic heterocycles. The molecule has 0 spiro atoms. The number of benzene rings is 2. The maximum atomic E-state index is 12.7. The molecular weight excluding hydrogens is 340 g/mol. The molecule has 1 aromatic heterocycles. The van der Waals surface area contributed by atoms with Crippen molar-refractivity contribution in [3.63, 3.8) is 0 Å². The Labute approximate surface area is 158 Å². The van der Waals surface area contributed by atoms with E-state index in [1.54, 1.807) is 24.3 Å². The standard InChI is InChI=1S/C21H24N4O2/c1-3-25(4-2)14-16-10-6-5-9-15(16)13-22-21(27)19-17-11-7-8-12-18(17)20(26)24-23-19/h5-12H,3-4,13-14H2,1-2H3,(H,22,27)(H,24,26). The summed E-state index contributed by atoms with van der Waals surface area (Å²) >= 11 is 0. The largest absolute Gasteiger partial charge is 0.347 e. The number of hydrogen-bond donors (Lipinski definition) is 2. The molecule has 3 rings (SSSR count). The van der Waals surface area contributed by atoms with Gasteiger partial charge in [0, 0.05) is 18.5 Å². The minimum atomic E-state index is -0.305. The average Bonchev–Trinajstić information content (AvgIpc) is 2.71. The third kappa shape index (κ3) is 4.23. The van der Waals surface area contributed by atoms with E-state index in [4.69, 9.17) is 0 Å². The van der Waals surface area contributed by atoms with Gasteiger partial charge in [-0.15, -0.1) is 0 Å². The fourth-order valence-corrected chi connectivity index (χ4v) is 3.12. The van der Waals surface area contributed by atoms with Crippen LogP contribution in [0.5, 0.6) is 0 Å². The molecule has 0 aliphatic carbocycles. The van der Waals surface area contributed by atoms with Crippen molar-refractivity contribution in [1.82, 2.24) is 20.4 Å². The van der Waals surface area contributed by atoms with Crippen molar-refractivity contribution in [2.24, 2.45) is 0 Å². The molecule has 140 valence electrons. The highest BCUT2D eigenvalue weighted by Crippen LogP contribution is 2.14. The minimum Gasteiger partial charge on any atom is -0.347 e.